The summed E-state index contributed by atoms with van der Waals surface area (Å²) in [6, 6.07) is 1.83. The highest BCUT2D eigenvalue weighted by atomic mass is 35.5. The minimum atomic E-state index is 0.289. The fraction of sp³-hybridized carbons (Fsp3) is 0.429. The summed E-state index contributed by atoms with van der Waals surface area (Å²) in [7, 11) is 1.67. The van der Waals surface area contributed by atoms with Gasteiger partial charge in [0.1, 0.15) is 5.03 Å². The lowest BCUT2D eigenvalue weighted by Crippen LogP contribution is -1.92. The third-order valence-electron chi connectivity index (χ3n) is 1.14. The molecule has 12 heavy (non-hydrogen) atoms. The van der Waals surface area contributed by atoms with Crippen LogP contribution >= 0.6 is 23.4 Å². The quantitative estimate of drug-likeness (QED) is 0.325. The van der Waals surface area contributed by atoms with Crippen LogP contribution < -0.4 is 0 Å². The molecule has 0 aliphatic carbocycles. The maximum atomic E-state index is 5.59. The maximum absolute atomic E-state index is 5.59. The number of ether oxygens (including phenoxy) is 1. The normalized spacial score (nSPS) is 10.2. The van der Waals surface area contributed by atoms with Crippen LogP contribution in [0.1, 0.15) is 0 Å². The van der Waals surface area contributed by atoms with Gasteiger partial charge < -0.3 is 4.74 Å². The van der Waals surface area contributed by atoms with Crippen LogP contribution in [0, 0.1) is 0 Å². The number of halogens is 1. The van der Waals surface area contributed by atoms with Crippen molar-refractivity contribution >= 4 is 23.4 Å². The summed E-state index contributed by atoms with van der Waals surface area (Å²) >= 11 is 7.19. The zero-order valence-electron chi connectivity index (χ0n) is 6.66. The fourth-order valence-electron chi connectivity index (χ4n) is 0.630. The number of hydrogen-bond acceptors (Lipinski definition) is 4. The number of hydrogen-bond donors (Lipinski definition) is 0. The molecular formula is C7H9ClN2OS. The van der Waals surface area contributed by atoms with Gasteiger partial charge in [0.2, 0.25) is 5.28 Å². The molecule has 0 bridgehead atoms. The number of aromatic nitrogens is 2. The Morgan fingerprint density at radius 1 is 1.67 bits per heavy atom. The topological polar surface area (TPSA) is 35.0 Å². The Labute approximate surface area is 80.5 Å². The summed E-state index contributed by atoms with van der Waals surface area (Å²) in [6.45, 7) is 0.715. The molecule has 5 heteroatoms. The molecule has 66 valence electrons. The molecule has 0 unspecified atom stereocenters. The standard InChI is InChI=1S/C7H9ClN2OS/c1-11-4-5-12-6-2-3-9-7(8)10-6/h2-3H,4-5H2,1H3. The van der Waals surface area contributed by atoms with Crippen molar-refractivity contribution in [1.29, 1.82) is 0 Å². The summed E-state index contributed by atoms with van der Waals surface area (Å²) in [5, 5.41) is 1.17. The smallest absolute Gasteiger partial charge is 0.223 e. The summed E-state index contributed by atoms with van der Waals surface area (Å²) in [5.74, 6) is 0.879. The van der Waals surface area contributed by atoms with Crippen molar-refractivity contribution in [2.24, 2.45) is 0 Å². The maximum Gasteiger partial charge on any atom is 0.223 e. The molecule has 0 spiro atoms. The summed E-state index contributed by atoms with van der Waals surface area (Å²) in [4.78, 5) is 7.78. The molecule has 0 aliphatic heterocycles. The molecule has 3 nitrogen and oxygen atoms in total. The molecule has 0 saturated heterocycles. The van der Waals surface area contributed by atoms with E-state index in [-0.39, 0.29) is 5.28 Å². The minimum absolute atomic E-state index is 0.289. The van der Waals surface area contributed by atoms with Crippen LogP contribution in [0.5, 0.6) is 0 Å². The molecule has 0 fully saturated rings. The molecule has 1 aromatic heterocycles. The van der Waals surface area contributed by atoms with Gasteiger partial charge >= 0.3 is 0 Å². The lowest BCUT2D eigenvalue weighted by molar-refractivity contribution is 0.218. The van der Waals surface area contributed by atoms with Gasteiger partial charge in [-0.2, -0.15) is 0 Å². The minimum Gasteiger partial charge on any atom is -0.384 e. The third-order valence-corrected chi connectivity index (χ3v) is 2.21. The highest BCUT2D eigenvalue weighted by molar-refractivity contribution is 7.99. The van der Waals surface area contributed by atoms with Crippen LogP contribution in [0.2, 0.25) is 5.28 Å². The van der Waals surface area contributed by atoms with Gasteiger partial charge in [-0.05, 0) is 17.7 Å². The largest absolute Gasteiger partial charge is 0.384 e. The summed E-state index contributed by atoms with van der Waals surface area (Å²) < 4.78 is 4.90. The Balaban J connectivity index is 2.41. The summed E-state index contributed by atoms with van der Waals surface area (Å²) in [5.41, 5.74) is 0. The number of rotatable bonds is 4. The number of nitrogens with zero attached hydrogens (tertiary/aromatic N) is 2. The molecule has 0 saturated carbocycles. The van der Waals surface area contributed by atoms with Crippen molar-refractivity contribution in [2.45, 2.75) is 5.03 Å². The summed E-state index contributed by atoms with van der Waals surface area (Å²) in [6.07, 6.45) is 1.64. The monoisotopic (exact) mass is 204 g/mol. The predicted octanol–water partition coefficient (Wildman–Crippen LogP) is 1.87. The first-order valence-corrected chi connectivity index (χ1v) is 4.79. The van der Waals surface area contributed by atoms with E-state index in [2.05, 4.69) is 9.97 Å². The molecule has 0 aromatic carbocycles. The van der Waals surface area contributed by atoms with Crippen LogP contribution in [0.4, 0.5) is 0 Å². The molecule has 1 aromatic rings. The van der Waals surface area contributed by atoms with Crippen molar-refractivity contribution in [3.05, 3.63) is 17.5 Å². The van der Waals surface area contributed by atoms with E-state index in [1.807, 2.05) is 6.07 Å². The van der Waals surface area contributed by atoms with Gasteiger partial charge in [-0.15, -0.1) is 11.8 Å². The number of methoxy groups -OCH3 is 1. The van der Waals surface area contributed by atoms with Crippen molar-refractivity contribution < 1.29 is 4.74 Å². The van der Waals surface area contributed by atoms with Gasteiger partial charge in [-0.3, -0.25) is 0 Å². The highest BCUT2D eigenvalue weighted by Crippen LogP contribution is 2.15. The molecule has 1 heterocycles. The highest BCUT2D eigenvalue weighted by Gasteiger charge is 1.96. The first-order valence-electron chi connectivity index (χ1n) is 3.43. The predicted molar refractivity (Wildman–Crippen MR) is 49.6 cm³/mol. The van der Waals surface area contributed by atoms with Crippen LogP contribution in [-0.2, 0) is 4.74 Å². The van der Waals surface area contributed by atoms with Gasteiger partial charge in [0, 0.05) is 19.1 Å². The Morgan fingerprint density at radius 2 is 2.50 bits per heavy atom. The first-order chi connectivity index (χ1) is 5.83. The third kappa shape index (κ3) is 3.38. The first kappa shape index (κ1) is 9.77. The van der Waals surface area contributed by atoms with Crippen LogP contribution in [0.3, 0.4) is 0 Å². The van der Waals surface area contributed by atoms with Gasteiger partial charge in [0.05, 0.1) is 6.61 Å². The van der Waals surface area contributed by atoms with Gasteiger partial charge in [0.15, 0.2) is 0 Å². The van der Waals surface area contributed by atoms with Crippen molar-refractivity contribution in [3.8, 4) is 0 Å². The molecule has 0 atom stereocenters. The van der Waals surface area contributed by atoms with Crippen molar-refractivity contribution in [1.82, 2.24) is 9.97 Å². The Morgan fingerprint density at radius 3 is 3.17 bits per heavy atom. The fourth-order valence-corrected chi connectivity index (χ4v) is 1.59. The Kier molecular flexibility index (Phi) is 4.35. The van der Waals surface area contributed by atoms with Gasteiger partial charge in [-0.1, -0.05) is 0 Å². The van der Waals surface area contributed by atoms with E-state index in [0.29, 0.717) is 6.61 Å². The van der Waals surface area contributed by atoms with Crippen LogP contribution in [0.25, 0.3) is 0 Å². The van der Waals surface area contributed by atoms with Gasteiger partial charge in [-0.25, -0.2) is 9.97 Å². The van der Waals surface area contributed by atoms with Gasteiger partial charge in [0.25, 0.3) is 0 Å². The molecule has 1 rings (SSSR count). The molecule has 0 radical (unpaired) electrons. The zero-order chi connectivity index (χ0) is 8.81. The Hall–Kier alpha value is -0.320. The van der Waals surface area contributed by atoms with Crippen molar-refractivity contribution in [3.63, 3.8) is 0 Å². The average molecular weight is 205 g/mol. The van der Waals surface area contributed by atoms with E-state index >= 15 is 0 Å². The number of thioether (sulfide) groups is 1. The van der Waals surface area contributed by atoms with E-state index in [4.69, 9.17) is 16.3 Å². The average Bonchev–Trinajstić information content (AvgIpc) is 2.05. The van der Waals surface area contributed by atoms with Crippen LogP contribution in [-0.4, -0.2) is 29.4 Å². The van der Waals surface area contributed by atoms with E-state index in [0.717, 1.165) is 10.8 Å². The van der Waals surface area contributed by atoms with E-state index in [1.165, 1.54) is 0 Å². The van der Waals surface area contributed by atoms with E-state index in [1.54, 1.807) is 25.1 Å². The second-order valence-electron chi connectivity index (χ2n) is 2.01. The molecule has 0 amide bonds. The van der Waals surface area contributed by atoms with E-state index in [9.17, 15) is 0 Å². The zero-order valence-corrected chi connectivity index (χ0v) is 8.23. The molecular weight excluding hydrogens is 196 g/mol. The second-order valence-corrected chi connectivity index (χ2v) is 3.46. The lowest BCUT2D eigenvalue weighted by Gasteiger charge is -1.98. The van der Waals surface area contributed by atoms with E-state index < -0.39 is 0 Å². The molecule has 0 N–H and O–H groups in total. The second kappa shape index (κ2) is 5.35. The lowest BCUT2D eigenvalue weighted by atomic mass is 10.7. The van der Waals surface area contributed by atoms with Crippen LogP contribution in [0.15, 0.2) is 17.3 Å². The van der Waals surface area contributed by atoms with Crippen molar-refractivity contribution in [2.75, 3.05) is 19.5 Å². The Bertz CT molecular complexity index is 247. The SMILES string of the molecule is COCCSc1ccnc(Cl)n1. The molecule has 0 aliphatic rings.